The van der Waals surface area contributed by atoms with Crippen LogP contribution in [0.1, 0.15) is 45.1 Å². The van der Waals surface area contributed by atoms with Crippen molar-refractivity contribution in [1.29, 1.82) is 0 Å². The minimum absolute atomic E-state index is 0.00558. The number of pyridine rings is 2. The first-order chi connectivity index (χ1) is 19.3. The Labute approximate surface area is 236 Å². The number of likely N-dealkylation sites (N-methyl/N-ethyl adjacent to an activating group) is 1. The highest BCUT2D eigenvalue weighted by Crippen LogP contribution is 2.41. The maximum absolute atomic E-state index is 14.9. The fraction of sp³-hybridized carbons (Fsp3) is 0.464. The van der Waals surface area contributed by atoms with Crippen LogP contribution >= 0.6 is 0 Å². The third-order valence-electron chi connectivity index (χ3n) is 6.96. The van der Waals surface area contributed by atoms with Gasteiger partial charge in [0, 0.05) is 49.5 Å². The summed E-state index contributed by atoms with van der Waals surface area (Å²) in [5.41, 5.74) is 1.80. The predicted octanol–water partition coefficient (Wildman–Crippen LogP) is 4.66. The maximum Gasteiger partial charge on any atom is 0.283 e. The minimum atomic E-state index is -2.91. The number of ketones is 1. The predicted molar refractivity (Wildman–Crippen MR) is 149 cm³/mol. The highest BCUT2D eigenvalue weighted by molar-refractivity contribution is 5.84. The van der Waals surface area contributed by atoms with E-state index in [0.717, 1.165) is 0 Å². The lowest BCUT2D eigenvalue weighted by Gasteiger charge is -2.26. The van der Waals surface area contributed by atoms with Crippen molar-refractivity contribution in [1.82, 2.24) is 34.2 Å². The number of ether oxygens (including phenoxy) is 2. The summed E-state index contributed by atoms with van der Waals surface area (Å²) in [6.07, 6.45) is 3.28. The van der Waals surface area contributed by atoms with E-state index in [2.05, 4.69) is 25.4 Å². The first-order valence-electron chi connectivity index (χ1n) is 13.2. The Kier molecular flexibility index (Phi) is 7.18. The van der Waals surface area contributed by atoms with E-state index in [0.29, 0.717) is 51.6 Å². The zero-order valence-corrected chi connectivity index (χ0v) is 24.2. The van der Waals surface area contributed by atoms with E-state index in [-0.39, 0.29) is 25.3 Å². The molecule has 218 valence electrons. The topological polar surface area (TPSA) is 112 Å². The maximum atomic E-state index is 14.9. The molecule has 4 aromatic heterocycles. The summed E-state index contributed by atoms with van der Waals surface area (Å²) in [6.45, 7) is 7.29. The van der Waals surface area contributed by atoms with E-state index in [1.165, 1.54) is 24.9 Å². The van der Waals surface area contributed by atoms with Crippen molar-refractivity contribution in [3.63, 3.8) is 0 Å². The van der Waals surface area contributed by atoms with Crippen LogP contribution in [0.4, 0.5) is 20.5 Å². The number of anilines is 2. The van der Waals surface area contributed by atoms with Crippen LogP contribution in [0, 0.1) is 0 Å². The van der Waals surface area contributed by atoms with Crippen molar-refractivity contribution >= 4 is 28.7 Å². The number of alkyl halides is 2. The molecule has 4 aromatic rings. The molecule has 41 heavy (non-hydrogen) atoms. The molecule has 0 radical (unpaired) electrons. The molecule has 1 aliphatic heterocycles. The van der Waals surface area contributed by atoms with Gasteiger partial charge in [-0.3, -0.25) is 19.4 Å². The number of nitrogens with one attached hydrogen (secondary N) is 1. The van der Waals surface area contributed by atoms with Gasteiger partial charge in [0.1, 0.15) is 23.1 Å². The number of imidazole rings is 1. The smallest absolute Gasteiger partial charge is 0.283 e. The molecule has 0 amide bonds. The molecular weight excluding hydrogens is 534 g/mol. The number of hydrogen-bond donors (Lipinski definition) is 1. The van der Waals surface area contributed by atoms with Gasteiger partial charge in [0.2, 0.25) is 5.95 Å². The Balaban J connectivity index is 1.49. The van der Waals surface area contributed by atoms with E-state index in [9.17, 15) is 13.6 Å². The SMILES string of the molecule is COc1c(Oc2ccnc(CC(C)=O)c2)cnc2nc(Nc3cc(C(C)(C)C)n(C4CN(C)CC4(F)F)n3)n(C)c12. The van der Waals surface area contributed by atoms with Gasteiger partial charge in [0.25, 0.3) is 5.92 Å². The summed E-state index contributed by atoms with van der Waals surface area (Å²) in [5, 5.41) is 7.77. The largest absolute Gasteiger partial charge is 0.491 e. The number of likely N-dealkylation sites (tertiary alicyclic amines) is 1. The number of fused-ring (bicyclic) bond motifs is 1. The molecule has 1 unspecified atom stereocenters. The Bertz CT molecular complexity index is 1610. The number of nitrogens with zero attached hydrogens (tertiary/aromatic N) is 7. The third-order valence-corrected chi connectivity index (χ3v) is 6.96. The molecule has 0 bridgehead atoms. The lowest BCUT2D eigenvalue weighted by Crippen LogP contribution is -2.33. The van der Waals surface area contributed by atoms with Gasteiger partial charge in [-0.1, -0.05) is 20.8 Å². The molecule has 0 aromatic carbocycles. The Morgan fingerprint density at radius 3 is 2.61 bits per heavy atom. The molecule has 1 N–H and O–H groups in total. The van der Waals surface area contributed by atoms with Crippen LogP contribution in [0.5, 0.6) is 17.2 Å². The van der Waals surface area contributed by atoms with Gasteiger partial charge in [0.05, 0.1) is 25.5 Å². The van der Waals surface area contributed by atoms with Crippen molar-refractivity contribution in [2.75, 3.05) is 32.6 Å². The minimum Gasteiger partial charge on any atom is -0.491 e. The number of halogens is 2. The second kappa shape index (κ2) is 10.4. The van der Waals surface area contributed by atoms with Crippen molar-refractivity contribution in [3.05, 3.63) is 42.0 Å². The quantitative estimate of drug-likeness (QED) is 0.324. The first kappa shape index (κ1) is 28.4. The molecule has 0 spiro atoms. The number of methoxy groups -OCH3 is 1. The van der Waals surface area contributed by atoms with E-state index >= 15 is 0 Å². The number of aryl methyl sites for hydroxylation is 1. The van der Waals surface area contributed by atoms with E-state index in [1.807, 2.05) is 20.8 Å². The lowest BCUT2D eigenvalue weighted by atomic mass is 9.91. The van der Waals surface area contributed by atoms with Crippen molar-refractivity contribution in [3.8, 4) is 17.2 Å². The number of rotatable bonds is 8. The standard InChI is InChI=1S/C28H34F2N8O3/c1-16(39)10-17-11-18(8-9-31-17)41-19-13-32-25-23(24(19)40-7)37(6)26(34-25)33-22-12-20(27(2,3)4)38(35-22)21-14-36(5)15-28(21,29)30/h8-9,11-13,21H,10,14-15H2,1-7H3,(H,32,33,34,35). The van der Waals surface area contributed by atoms with Crippen LogP contribution in [0.2, 0.25) is 0 Å². The summed E-state index contributed by atoms with van der Waals surface area (Å²) < 4.78 is 44.8. The van der Waals surface area contributed by atoms with Crippen LogP contribution < -0.4 is 14.8 Å². The van der Waals surface area contributed by atoms with E-state index in [1.54, 1.807) is 48.0 Å². The summed E-state index contributed by atoms with van der Waals surface area (Å²) in [4.78, 5) is 26.4. The van der Waals surface area contributed by atoms with Crippen LogP contribution in [0.3, 0.4) is 0 Å². The van der Waals surface area contributed by atoms with Gasteiger partial charge in [0.15, 0.2) is 23.0 Å². The summed E-state index contributed by atoms with van der Waals surface area (Å²) >= 11 is 0. The lowest BCUT2D eigenvalue weighted by molar-refractivity contribution is -0.116. The number of carbonyl (C=O) groups excluding carboxylic acids is 1. The van der Waals surface area contributed by atoms with Crippen LogP contribution in [0.25, 0.3) is 11.2 Å². The summed E-state index contributed by atoms with van der Waals surface area (Å²) in [5.74, 6) is -0.899. The van der Waals surface area contributed by atoms with Gasteiger partial charge in [-0.05, 0) is 20.0 Å². The average Bonchev–Trinajstić information content (AvgIpc) is 3.51. The van der Waals surface area contributed by atoms with Crippen LogP contribution in [0.15, 0.2) is 30.6 Å². The fourth-order valence-electron chi connectivity index (χ4n) is 5.09. The average molecular weight is 569 g/mol. The molecule has 5 rings (SSSR count). The highest BCUT2D eigenvalue weighted by atomic mass is 19.3. The zero-order valence-electron chi connectivity index (χ0n) is 24.2. The fourth-order valence-corrected chi connectivity index (χ4v) is 5.09. The Morgan fingerprint density at radius 2 is 1.98 bits per heavy atom. The molecule has 0 saturated carbocycles. The number of carbonyl (C=O) groups is 1. The Morgan fingerprint density at radius 1 is 1.22 bits per heavy atom. The van der Waals surface area contributed by atoms with Crippen molar-refractivity contribution in [2.24, 2.45) is 7.05 Å². The van der Waals surface area contributed by atoms with Crippen molar-refractivity contribution < 1.29 is 23.0 Å². The second-order valence-corrected chi connectivity index (χ2v) is 11.5. The molecule has 11 nitrogen and oxygen atoms in total. The summed E-state index contributed by atoms with van der Waals surface area (Å²) in [7, 11) is 4.99. The number of hydrogen-bond acceptors (Lipinski definition) is 9. The molecule has 1 saturated heterocycles. The van der Waals surface area contributed by atoms with Crippen LogP contribution in [-0.2, 0) is 23.7 Å². The molecule has 1 aliphatic rings. The molecule has 1 fully saturated rings. The van der Waals surface area contributed by atoms with Gasteiger partial charge >= 0.3 is 0 Å². The normalized spacial score (nSPS) is 17.2. The van der Waals surface area contributed by atoms with Gasteiger partial charge in [-0.15, -0.1) is 0 Å². The number of Topliss-reactive ketones (excluding diaryl/α,β-unsaturated/α-hetero) is 1. The molecule has 5 heterocycles. The first-order valence-corrected chi connectivity index (χ1v) is 13.2. The highest BCUT2D eigenvalue weighted by Gasteiger charge is 2.49. The van der Waals surface area contributed by atoms with Gasteiger partial charge in [-0.25, -0.2) is 13.8 Å². The van der Waals surface area contributed by atoms with E-state index in [4.69, 9.17) is 9.47 Å². The van der Waals surface area contributed by atoms with Crippen molar-refractivity contribution in [2.45, 2.75) is 51.5 Å². The molecular formula is C28H34F2N8O3. The Hall–Kier alpha value is -4.13. The monoisotopic (exact) mass is 568 g/mol. The molecule has 1 atom stereocenters. The van der Waals surface area contributed by atoms with Gasteiger partial charge in [-0.2, -0.15) is 10.1 Å². The third kappa shape index (κ3) is 5.58. The molecule has 13 heteroatoms. The van der Waals surface area contributed by atoms with Crippen LogP contribution in [-0.4, -0.2) is 73.2 Å². The van der Waals surface area contributed by atoms with E-state index < -0.39 is 17.4 Å². The zero-order chi connectivity index (χ0) is 29.7. The molecule has 0 aliphatic carbocycles. The summed E-state index contributed by atoms with van der Waals surface area (Å²) in [6, 6.07) is 4.08. The second-order valence-electron chi connectivity index (χ2n) is 11.5. The van der Waals surface area contributed by atoms with Gasteiger partial charge < -0.3 is 19.4 Å². The number of aromatic nitrogens is 6.